The molecule has 0 nitrogen and oxygen atoms in total. The number of aryl methyl sites for hydroxylation is 1. The van der Waals surface area contributed by atoms with Crippen LogP contribution in [0.2, 0.25) is 0 Å². The van der Waals surface area contributed by atoms with E-state index in [9.17, 15) is 4.39 Å². The van der Waals surface area contributed by atoms with Crippen LogP contribution >= 0.6 is 0 Å². The Morgan fingerprint density at radius 3 is 2.04 bits per heavy atom. The van der Waals surface area contributed by atoms with Gasteiger partial charge in [0.25, 0.3) is 0 Å². The maximum Gasteiger partial charge on any atom is 0.0827 e. The molecule has 0 spiro atoms. The van der Waals surface area contributed by atoms with E-state index >= 15 is 0 Å². The van der Waals surface area contributed by atoms with Crippen LogP contribution < -0.4 is 0 Å². The fourth-order valence-electron chi connectivity index (χ4n) is 4.08. The van der Waals surface area contributed by atoms with Gasteiger partial charge in [-0.2, -0.15) is 0 Å². The van der Waals surface area contributed by atoms with Crippen molar-refractivity contribution in [1.29, 1.82) is 0 Å². The van der Waals surface area contributed by atoms with Gasteiger partial charge in [0.1, 0.15) is 0 Å². The van der Waals surface area contributed by atoms with Crippen LogP contribution in [0.25, 0.3) is 11.1 Å². The lowest BCUT2D eigenvalue weighted by Crippen LogP contribution is -2.12. The summed E-state index contributed by atoms with van der Waals surface area (Å²) in [6, 6.07) is 18.1. The molecule has 0 bridgehead atoms. The SMILES string of the molecule is CCCc1ccc(-c2ccc(C3CCC(CC=CF)CC3)cc2)cc1. The van der Waals surface area contributed by atoms with E-state index in [0.717, 1.165) is 12.8 Å². The van der Waals surface area contributed by atoms with Gasteiger partial charge in [-0.25, -0.2) is 4.39 Å². The van der Waals surface area contributed by atoms with Crippen molar-refractivity contribution in [2.45, 2.75) is 57.8 Å². The van der Waals surface area contributed by atoms with Crippen LogP contribution in [0.5, 0.6) is 0 Å². The van der Waals surface area contributed by atoms with Crippen molar-refractivity contribution in [3.05, 3.63) is 72.1 Å². The molecule has 1 heteroatoms. The Bertz CT molecular complexity index is 658. The van der Waals surface area contributed by atoms with Crippen LogP contribution in [0, 0.1) is 5.92 Å². The van der Waals surface area contributed by atoms with Crippen molar-refractivity contribution in [3.8, 4) is 11.1 Å². The predicted octanol–water partition coefficient (Wildman–Crippen LogP) is 7.45. The largest absolute Gasteiger partial charge is 0.216 e. The predicted molar refractivity (Wildman–Crippen MR) is 105 cm³/mol. The molecule has 0 saturated heterocycles. The van der Waals surface area contributed by atoms with Gasteiger partial charge >= 0.3 is 0 Å². The highest BCUT2D eigenvalue weighted by atomic mass is 19.1. The first-order valence-corrected chi connectivity index (χ1v) is 9.74. The highest BCUT2D eigenvalue weighted by Crippen LogP contribution is 2.37. The van der Waals surface area contributed by atoms with Crippen LogP contribution in [0.4, 0.5) is 4.39 Å². The summed E-state index contributed by atoms with van der Waals surface area (Å²) in [6.45, 7) is 2.22. The number of allylic oxidation sites excluding steroid dienone is 1. The fourth-order valence-corrected chi connectivity index (χ4v) is 4.08. The van der Waals surface area contributed by atoms with Crippen molar-refractivity contribution in [1.82, 2.24) is 0 Å². The molecule has 1 saturated carbocycles. The average molecular weight is 336 g/mol. The Kier molecular flexibility index (Phi) is 6.44. The molecule has 25 heavy (non-hydrogen) atoms. The fraction of sp³-hybridized carbons (Fsp3) is 0.417. The smallest absolute Gasteiger partial charge is 0.0827 e. The van der Waals surface area contributed by atoms with Crippen molar-refractivity contribution in [2.75, 3.05) is 0 Å². The monoisotopic (exact) mass is 336 g/mol. The quantitative estimate of drug-likeness (QED) is 0.514. The average Bonchev–Trinajstić information content (AvgIpc) is 2.68. The van der Waals surface area contributed by atoms with E-state index in [1.807, 2.05) is 0 Å². The number of rotatable bonds is 6. The summed E-state index contributed by atoms with van der Waals surface area (Å²) in [6.07, 6.45) is 10.5. The second-order valence-electron chi connectivity index (χ2n) is 7.38. The highest BCUT2D eigenvalue weighted by Gasteiger charge is 2.21. The van der Waals surface area contributed by atoms with Crippen LogP contribution in [-0.4, -0.2) is 0 Å². The van der Waals surface area contributed by atoms with Gasteiger partial charge in [-0.15, -0.1) is 0 Å². The van der Waals surface area contributed by atoms with Gasteiger partial charge in [0.15, 0.2) is 0 Å². The van der Waals surface area contributed by atoms with Gasteiger partial charge < -0.3 is 0 Å². The minimum absolute atomic E-state index is 0.671. The lowest BCUT2D eigenvalue weighted by molar-refractivity contribution is 0.327. The first kappa shape index (κ1) is 17.9. The zero-order chi connectivity index (χ0) is 17.5. The summed E-state index contributed by atoms with van der Waals surface area (Å²) >= 11 is 0. The summed E-state index contributed by atoms with van der Waals surface area (Å²) < 4.78 is 12.1. The lowest BCUT2D eigenvalue weighted by atomic mass is 9.77. The standard InChI is InChI=1S/C24H29F/c1-2-4-19-6-10-21(11-7-19)23-14-16-24(17-15-23)22-12-8-20(9-13-22)5-3-18-25/h3,6-7,10-11,14-18,20,22H,2,4-5,8-9,12-13H2,1H3. The maximum absolute atomic E-state index is 12.1. The van der Waals surface area contributed by atoms with Crippen molar-refractivity contribution >= 4 is 0 Å². The molecule has 3 rings (SSSR count). The number of hydrogen-bond acceptors (Lipinski definition) is 0. The highest BCUT2D eigenvalue weighted by molar-refractivity contribution is 5.64. The Hall–Kier alpha value is -1.89. The molecule has 0 aliphatic heterocycles. The molecular formula is C24H29F. The van der Waals surface area contributed by atoms with Crippen LogP contribution in [0.3, 0.4) is 0 Å². The van der Waals surface area contributed by atoms with E-state index in [1.165, 1.54) is 54.4 Å². The van der Waals surface area contributed by atoms with Crippen LogP contribution in [0.15, 0.2) is 60.9 Å². The van der Waals surface area contributed by atoms with Crippen molar-refractivity contribution in [3.63, 3.8) is 0 Å². The molecule has 1 aliphatic rings. The summed E-state index contributed by atoms with van der Waals surface area (Å²) in [5.41, 5.74) is 5.48. The zero-order valence-corrected chi connectivity index (χ0v) is 15.3. The van der Waals surface area contributed by atoms with E-state index in [2.05, 4.69) is 55.5 Å². The van der Waals surface area contributed by atoms with Crippen LogP contribution in [0.1, 0.15) is 62.5 Å². The zero-order valence-electron chi connectivity index (χ0n) is 15.3. The number of halogens is 1. The summed E-state index contributed by atoms with van der Waals surface area (Å²) in [4.78, 5) is 0. The number of benzene rings is 2. The Morgan fingerprint density at radius 1 is 0.880 bits per heavy atom. The second kappa shape index (κ2) is 8.99. The number of hydrogen-bond donors (Lipinski definition) is 0. The van der Waals surface area contributed by atoms with Gasteiger partial charge in [-0.1, -0.05) is 68.0 Å². The molecule has 0 radical (unpaired) electrons. The van der Waals surface area contributed by atoms with E-state index in [4.69, 9.17) is 0 Å². The van der Waals surface area contributed by atoms with Gasteiger partial charge in [-0.3, -0.25) is 0 Å². The molecule has 0 heterocycles. The Morgan fingerprint density at radius 2 is 1.48 bits per heavy atom. The molecule has 0 amide bonds. The first-order valence-electron chi connectivity index (χ1n) is 9.74. The molecule has 1 aliphatic carbocycles. The second-order valence-corrected chi connectivity index (χ2v) is 7.38. The topological polar surface area (TPSA) is 0 Å². The molecule has 1 fully saturated rings. The van der Waals surface area contributed by atoms with E-state index < -0.39 is 0 Å². The summed E-state index contributed by atoms with van der Waals surface area (Å²) in [5, 5.41) is 0. The van der Waals surface area contributed by atoms with E-state index in [0.29, 0.717) is 18.2 Å². The molecular weight excluding hydrogens is 307 g/mol. The minimum Gasteiger partial charge on any atom is -0.216 e. The Balaban J connectivity index is 1.61. The molecule has 0 N–H and O–H groups in total. The van der Waals surface area contributed by atoms with Gasteiger partial charge in [-0.05, 0) is 72.6 Å². The molecule has 0 aromatic heterocycles. The van der Waals surface area contributed by atoms with E-state index in [-0.39, 0.29) is 0 Å². The van der Waals surface area contributed by atoms with Gasteiger partial charge in [0.05, 0.1) is 6.33 Å². The third-order valence-electron chi connectivity index (χ3n) is 5.61. The van der Waals surface area contributed by atoms with Gasteiger partial charge in [0.2, 0.25) is 0 Å². The molecule has 0 atom stereocenters. The molecule has 132 valence electrons. The Labute approximate surface area is 151 Å². The molecule has 0 unspecified atom stereocenters. The maximum atomic E-state index is 12.1. The third-order valence-corrected chi connectivity index (χ3v) is 5.61. The van der Waals surface area contributed by atoms with Gasteiger partial charge in [0, 0.05) is 0 Å². The van der Waals surface area contributed by atoms with Crippen molar-refractivity contribution in [2.24, 2.45) is 5.92 Å². The summed E-state index contributed by atoms with van der Waals surface area (Å²) in [5.74, 6) is 1.34. The van der Waals surface area contributed by atoms with Crippen molar-refractivity contribution < 1.29 is 4.39 Å². The minimum atomic E-state index is 0.671. The summed E-state index contributed by atoms with van der Waals surface area (Å²) in [7, 11) is 0. The van der Waals surface area contributed by atoms with E-state index in [1.54, 1.807) is 6.08 Å². The first-order chi connectivity index (χ1) is 12.3. The molecule has 2 aromatic carbocycles. The third kappa shape index (κ3) is 4.81. The normalized spacial score (nSPS) is 20.9. The van der Waals surface area contributed by atoms with Crippen LogP contribution in [-0.2, 0) is 6.42 Å². The molecule has 2 aromatic rings. The lowest BCUT2D eigenvalue weighted by Gasteiger charge is -2.28.